The maximum atomic E-state index is 10.7. The zero-order valence-corrected chi connectivity index (χ0v) is 11.7. The standard InChI is InChI=1S/C15H16N4O2/c1-11-9-15(12-3-2-8-16-10-12)17-18(11)13-4-6-14(7-5-13)19(20)21/h2,4,6-10,12-13H,3,5H2,1H3. The van der Waals surface area contributed by atoms with Crippen molar-refractivity contribution >= 4 is 6.21 Å². The minimum atomic E-state index is -0.362. The molecule has 0 aromatic carbocycles. The molecule has 6 heteroatoms. The Kier molecular flexibility index (Phi) is 3.51. The van der Waals surface area contributed by atoms with Crippen LogP contribution in [-0.2, 0) is 0 Å². The van der Waals surface area contributed by atoms with Crippen molar-refractivity contribution in [1.29, 1.82) is 0 Å². The van der Waals surface area contributed by atoms with Crippen molar-refractivity contribution in [3.05, 3.63) is 63.8 Å². The van der Waals surface area contributed by atoms with Crippen LogP contribution in [0.3, 0.4) is 0 Å². The lowest BCUT2D eigenvalue weighted by molar-refractivity contribution is -0.419. The molecule has 3 rings (SSSR count). The Morgan fingerprint density at radius 2 is 2.29 bits per heavy atom. The molecule has 0 amide bonds. The zero-order valence-electron chi connectivity index (χ0n) is 11.7. The lowest BCUT2D eigenvalue weighted by Crippen LogP contribution is -2.14. The normalized spacial score (nSPS) is 24.1. The number of aliphatic imine (C=N–C) groups is 1. The van der Waals surface area contributed by atoms with Crippen LogP contribution in [0.5, 0.6) is 0 Å². The molecule has 0 saturated carbocycles. The van der Waals surface area contributed by atoms with Gasteiger partial charge < -0.3 is 0 Å². The SMILES string of the molecule is Cc1cc(C2C=NC=CC2)nn1C1C=CC([N+](=O)[O-])=CC1. The van der Waals surface area contributed by atoms with Gasteiger partial charge >= 0.3 is 0 Å². The van der Waals surface area contributed by atoms with E-state index in [1.165, 1.54) is 0 Å². The van der Waals surface area contributed by atoms with Crippen LogP contribution < -0.4 is 0 Å². The quantitative estimate of drug-likeness (QED) is 0.632. The van der Waals surface area contributed by atoms with E-state index in [9.17, 15) is 10.1 Å². The summed E-state index contributed by atoms with van der Waals surface area (Å²) in [5.41, 5.74) is 2.21. The number of nitrogens with zero attached hydrogens (tertiary/aromatic N) is 4. The first kappa shape index (κ1) is 13.5. The van der Waals surface area contributed by atoms with Gasteiger partial charge in [0, 0.05) is 30.1 Å². The predicted octanol–water partition coefficient (Wildman–Crippen LogP) is 2.92. The van der Waals surface area contributed by atoms with Gasteiger partial charge in [-0.15, -0.1) is 0 Å². The van der Waals surface area contributed by atoms with Crippen LogP contribution in [0.2, 0.25) is 0 Å². The molecule has 1 aromatic rings. The molecule has 2 aliphatic rings. The van der Waals surface area contributed by atoms with Gasteiger partial charge in [0.05, 0.1) is 16.7 Å². The molecule has 1 aliphatic carbocycles. The Morgan fingerprint density at radius 3 is 2.90 bits per heavy atom. The Labute approximate surface area is 122 Å². The van der Waals surface area contributed by atoms with Gasteiger partial charge in [0.1, 0.15) is 0 Å². The van der Waals surface area contributed by atoms with Crippen LogP contribution in [-0.4, -0.2) is 20.9 Å². The van der Waals surface area contributed by atoms with E-state index in [-0.39, 0.29) is 22.6 Å². The van der Waals surface area contributed by atoms with Crippen molar-refractivity contribution < 1.29 is 4.92 Å². The highest BCUT2D eigenvalue weighted by atomic mass is 16.6. The fourth-order valence-corrected chi connectivity index (χ4v) is 2.62. The fourth-order valence-electron chi connectivity index (χ4n) is 2.62. The average Bonchev–Trinajstić information content (AvgIpc) is 2.90. The number of allylic oxidation sites excluding steroid dienone is 4. The Balaban J connectivity index is 1.80. The fraction of sp³-hybridized carbons (Fsp3) is 0.333. The smallest absolute Gasteiger partial charge is 0.265 e. The van der Waals surface area contributed by atoms with E-state index in [1.807, 2.05) is 30.0 Å². The van der Waals surface area contributed by atoms with Gasteiger partial charge in [0.2, 0.25) is 0 Å². The highest BCUT2D eigenvalue weighted by Gasteiger charge is 2.21. The molecular weight excluding hydrogens is 268 g/mol. The second-order valence-electron chi connectivity index (χ2n) is 5.23. The summed E-state index contributed by atoms with van der Waals surface area (Å²) in [6.07, 6.45) is 12.3. The summed E-state index contributed by atoms with van der Waals surface area (Å²) in [4.78, 5) is 14.5. The zero-order chi connectivity index (χ0) is 14.8. The molecular formula is C15H16N4O2. The highest BCUT2D eigenvalue weighted by molar-refractivity contribution is 5.69. The van der Waals surface area contributed by atoms with Crippen molar-refractivity contribution in [2.75, 3.05) is 0 Å². The molecule has 0 radical (unpaired) electrons. The lowest BCUT2D eigenvalue weighted by atomic mass is 10.0. The summed E-state index contributed by atoms with van der Waals surface area (Å²) >= 11 is 0. The molecule has 2 heterocycles. The average molecular weight is 284 g/mol. The third kappa shape index (κ3) is 2.69. The third-order valence-electron chi connectivity index (χ3n) is 3.75. The number of aryl methyl sites for hydroxylation is 1. The highest BCUT2D eigenvalue weighted by Crippen LogP contribution is 2.26. The third-order valence-corrected chi connectivity index (χ3v) is 3.75. The molecule has 2 unspecified atom stereocenters. The first-order valence-corrected chi connectivity index (χ1v) is 6.92. The van der Waals surface area contributed by atoms with E-state index in [4.69, 9.17) is 0 Å². The molecule has 108 valence electrons. The molecule has 21 heavy (non-hydrogen) atoms. The summed E-state index contributed by atoms with van der Waals surface area (Å²) in [5, 5.41) is 15.4. The van der Waals surface area contributed by atoms with Gasteiger partial charge in [-0.3, -0.25) is 19.8 Å². The van der Waals surface area contributed by atoms with Crippen LogP contribution in [0.15, 0.2) is 47.3 Å². The minimum Gasteiger partial charge on any atom is -0.269 e. The van der Waals surface area contributed by atoms with Gasteiger partial charge in [0.15, 0.2) is 0 Å². The topological polar surface area (TPSA) is 73.3 Å². The minimum absolute atomic E-state index is 0.0403. The van der Waals surface area contributed by atoms with Gasteiger partial charge in [-0.05, 0) is 31.9 Å². The summed E-state index contributed by atoms with van der Waals surface area (Å²) in [6.45, 7) is 2.01. The van der Waals surface area contributed by atoms with Crippen LogP contribution in [0.1, 0.15) is 36.2 Å². The molecule has 1 aromatic heterocycles. The maximum Gasteiger partial charge on any atom is 0.265 e. The van der Waals surface area contributed by atoms with E-state index >= 15 is 0 Å². The predicted molar refractivity (Wildman–Crippen MR) is 79.8 cm³/mol. The summed E-state index contributed by atoms with van der Waals surface area (Å²) < 4.78 is 1.94. The molecule has 6 nitrogen and oxygen atoms in total. The van der Waals surface area contributed by atoms with Gasteiger partial charge in [0.25, 0.3) is 5.70 Å². The van der Waals surface area contributed by atoms with Crippen molar-refractivity contribution in [3.8, 4) is 0 Å². The Bertz CT molecular complexity index is 682. The lowest BCUT2D eigenvalue weighted by Gasteiger charge is -2.16. The monoisotopic (exact) mass is 284 g/mol. The maximum absolute atomic E-state index is 10.7. The number of hydrogen-bond acceptors (Lipinski definition) is 4. The van der Waals surface area contributed by atoms with Crippen molar-refractivity contribution in [2.24, 2.45) is 4.99 Å². The number of aromatic nitrogens is 2. The summed E-state index contributed by atoms with van der Waals surface area (Å²) in [6, 6.07) is 2.11. The van der Waals surface area contributed by atoms with E-state index in [1.54, 1.807) is 18.4 Å². The van der Waals surface area contributed by atoms with Crippen LogP contribution >= 0.6 is 0 Å². The first-order chi connectivity index (χ1) is 10.1. The number of rotatable bonds is 3. The first-order valence-electron chi connectivity index (χ1n) is 6.92. The molecule has 0 fully saturated rings. The van der Waals surface area contributed by atoms with Crippen molar-refractivity contribution in [1.82, 2.24) is 9.78 Å². The summed E-state index contributed by atoms with van der Waals surface area (Å²) in [5.74, 6) is 0.215. The Hall–Kier alpha value is -2.50. The van der Waals surface area contributed by atoms with Crippen molar-refractivity contribution in [2.45, 2.75) is 31.7 Å². The van der Waals surface area contributed by atoms with Gasteiger partial charge in [-0.1, -0.05) is 12.2 Å². The van der Waals surface area contributed by atoms with E-state index < -0.39 is 0 Å². The molecule has 0 spiro atoms. The molecule has 0 N–H and O–H groups in total. The second-order valence-corrected chi connectivity index (χ2v) is 5.23. The number of nitro groups is 1. The van der Waals surface area contributed by atoms with E-state index in [0.29, 0.717) is 6.42 Å². The number of hydrogen-bond donors (Lipinski definition) is 0. The van der Waals surface area contributed by atoms with E-state index in [0.717, 1.165) is 17.8 Å². The van der Waals surface area contributed by atoms with E-state index in [2.05, 4.69) is 16.2 Å². The van der Waals surface area contributed by atoms with Gasteiger partial charge in [-0.2, -0.15) is 5.10 Å². The largest absolute Gasteiger partial charge is 0.269 e. The van der Waals surface area contributed by atoms with Crippen molar-refractivity contribution in [3.63, 3.8) is 0 Å². The summed E-state index contributed by atoms with van der Waals surface area (Å²) in [7, 11) is 0. The van der Waals surface area contributed by atoms with Gasteiger partial charge in [-0.25, -0.2) is 0 Å². The Morgan fingerprint density at radius 1 is 1.43 bits per heavy atom. The van der Waals surface area contributed by atoms with Crippen LogP contribution in [0.4, 0.5) is 0 Å². The molecule has 2 atom stereocenters. The molecule has 1 aliphatic heterocycles. The van der Waals surface area contributed by atoms with Crippen LogP contribution in [0, 0.1) is 17.0 Å². The second kappa shape index (κ2) is 5.47. The molecule has 0 bridgehead atoms. The van der Waals surface area contributed by atoms with Crippen LogP contribution in [0.25, 0.3) is 0 Å². The molecule has 0 saturated heterocycles.